The quantitative estimate of drug-likeness (QED) is 0.241. The maximum atomic E-state index is 12.0. The minimum atomic E-state index is -3.34. The van der Waals surface area contributed by atoms with Gasteiger partial charge >= 0.3 is 0 Å². The second kappa shape index (κ2) is 24.8. The summed E-state index contributed by atoms with van der Waals surface area (Å²) in [6.07, 6.45) is 1.94. The van der Waals surface area contributed by atoms with E-state index in [4.69, 9.17) is 0 Å². The van der Waals surface area contributed by atoms with Crippen LogP contribution in [0.25, 0.3) is 0 Å². The topological polar surface area (TPSA) is 86.2 Å². The zero-order valence-electron chi connectivity index (χ0n) is 24.5. The SMILES string of the molecule is C=C(Cc1ccccc1)Cc1ccccc1.CC.CC.CN.CN.O=S(=O)(c1ccccc1)c1ccccc1. The zero-order valence-corrected chi connectivity index (χ0v) is 25.4. The van der Waals surface area contributed by atoms with Crippen LogP contribution >= 0.6 is 0 Å². The number of hydrogen-bond acceptors (Lipinski definition) is 4. The van der Waals surface area contributed by atoms with Gasteiger partial charge in [0.2, 0.25) is 9.84 Å². The van der Waals surface area contributed by atoms with Crippen molar-refractivity contribution >= 4 is 9.84 Å². The minimum Gasteiger partial charge on any atom is -0.333 e. The minimum absolute atomic E-state index is 0.330. The molecule has 0 aromatic heterocycles. The smallest absolute Gasteiger partial charge is 0.206 e. The second-order valence-corrected chi connectivity index (χ2v) is 9.15. The number of nitrogens with two attached hydrogens (primary N) is 2. The van der Waals surface area contributed by atoms with Gasteiger partial charge in [-0.05, 0) is 62.3 Å². The molecule has 0 saturated heterocycles. The fraction of sp³-hybridized carbons (Fsp3) is 0.235. The Morgan fingerprint density at radius 2 is 0.744 bits per heavy atom. The maximum absolute atomic E-state index is 12.0. The third-order valence-corrected chi connectivity index (χ3v) is 6.49. The fourth-order valence-corrected chi connectivity index (χ4v) is 4.47. The summed E-state index contributed by atoms with van der Waals surface area (Å²) >= 11 is 0. The first-order valence-electron chi connectivity index (χ1n) is 13.3. The van der Waals surface area contributed by atoms with Crippen LogP contribution in [0.4, 0.5) is 0 Å². The number of sulfone groups is 1. The standard InChI is InChI=1S/C16H16.C12H10O2S.2C2H6.2CH5N/c1-14(12-15-8-4-2-5-9-15)13-16-10-6-3-7-11-16;13-15(14,11-7-3-1-4-8-11)12-9-5-2-6-10-12;4*1-2/h2-11H,1,12-13H2;1-10H;2*1-2H3;2*2H2,1H3. The van der Waals surface area contributed by atoms with Crippen molar-refractivity contribution in [2.75, 3.05) is 14.1 Å². The Labute approximate surface area is 238 Å². The molecule has 4 nitrogen and oxygen atoms in total. The molecule has 0 heterocycles. The highest BCUT2D eigenvalue weighted by molar-refractivity contribution is 7.91. The van der Waals surface area contributed by atoms with Crippen LogP contribution in [0.3, 0.4) is 0 Å². The predicted molar refractivity (Wildman–Crippen MR) is 171 cm³/mol. The summed E-state index contributed by atoms with van der Waals surface area (Å²) < 4.78 is 24.1. The fourth-order valence-electron chi connectivity index (χ4n) is 3.17. The van der Waals surface area contributed by atoms with E-state index >= 15 is 0 Å². The Hall–Kier alpha value is -3.51. The van der Waals surface area contributed by atoms with Crippen molar-refractivity contribution in [1.29, 1.82) is 0 Å². The van der Waals surface area contributed by atoms with Gasteiger partial charge in [0.15, 0.2) is 0 Å². The van der Waals surface area contributed by atoms with Crippen LogP contribution in [0.1, 0.15) is 38.8 Å². The van der Waals surface area contributed by atoms with Crippen molar-refractivity contribution in [3.05, 3.63) is 145 Å². The average Bonchev–Trinajstić information content (AvgIpc) is 3.03. The molecular weight excluding hydrogens is 500 g/mol. The number of allylic oxidation sites excluding steroid dienone is 1. The van der Waals surface area contributed by atoms with Crippen LogP contribution < -0.4 is 11.5 Å². The molecule has 4 aromatic rings. The largest absolute Gasteiger partial charge is 0.333 e. The van der Waals surface area contributed by atoms with Crippen molar-refractivity contribution in [1.82, 2.24) is 0 Å². The van der Waals surface area contributed by atoms with Crippen molar-refractivity contribution in [3.8, 4) is 0 Å². The molecule has 4 aromatic carbocycles. The lowest BCUT2D eigenvalue weighted by molar-refractivity contribution is 0.596. The molecule has 0 spiro atoms. The highest BCUT2D eigenvalue weighted by atomic mass is 32.2. The highest BCUT2D eigenvalue weighted by Crippen LogP contribution is 2.19. The first kappa shape index (κ1) is 37.6. The van der Waals surface area contributed by atoms with E-state index in [0.717, 1.165) is 12.8 Å². The molecule has 39 heavy (non-hydrogen) atoms. The third kappa shape index (κ3) is 15.5. The summed E-state index contributed by atoms with van der Waals surface area (Å²) in [6.45, 7) is 12.1. The van der Waals surface area contributed by atoms with Crippen LogP contribution in [0.5, 0.6) is 0 Å². The van der Waals surface area contributed by atoms with Gasteiger partial charge in [0, 0.05) is 0 Å². The van der Waals surface area contributed by atoms with Crippen molar-refractivity contribution in [2.24, 2.45) is 11.5 Å². The molecule has 0 aliphatic carbocycles. The lowest BCUT2D eigenvalue weighted by Crippen LogP contribution is -2.00. The van der Waals surface area contributed by atoms with Crippen molar-refractivity contribution < 1.29 is 8.42 Å². The Bertz CT molecular complexity index is 1090. The third-order valence-electron chi connectivity index (χ3n) is 4.70. The van der Waals surface area contributed by atoms with E-state index in [1.54, 1.807) is 60.7 Å². The van der Waals surface area contributed by atoms with Crippen LogP contribution in [0, 0.1) is 0 Å². The Kier molecular flexibility index (Phi) is 23.9. The molecule has 212 valence electrons. The van der Waals surface area contributed by atoms with E-state index < -0.39 is 9.84 Å². The van der Waals surface area contributed by atoms with Gasteiger partial charge in [0.05, 0.1) is 9.79 Å². The van der Waals surface area contributed by atoms with E-state index in [9.17, 15) is 8.42 Å². The number of hydrogen-bond donors (Lipinski definition) is 2. The summed E-state index contributed by atoms with van der Waals surface area (Å²) in [5.41, 5.74) is 12.9. The molecule has 0 unspecified atom stereocenters. The van der Waals surface area contributed by atoms with Crippen LogP contribution in [0.15, 0.2) is 143 Å². The summed E-state index contributed by atoms with van der Waals surface area (Å²) in [6, 6.07) is 37.8. The van der Waals surface area contributed by atoms with Gasteiger partial charge in [0.25, 0.3) is 0 Å². The van der Waals surface area contributed by atoms with Gasteiger partial charge in [-0.15, -0.1) is 0 Å². The van der Waals surface area contributed by atoms with E-state index in [-0.39, 0.29) is 0 Å². The van der Waals surface area contributed by atoms with Gasteiger partial charge < -0.3 is 11.5 Å². The molecule has 4 N–H and O–H groups in total. The molecule has 0 saturated carbocycles. The predicted octanol–water partition coefficient (Wildman–Crippen LogP) is 7.75. The second-order valence-electron chi connectivity index (χ2n) is 7.20. The first-order valence-corrected chi connectivity index (χ1v) is 14.8. The van der Waals surface area contributed by atoms with E-state index in [0.29, 0.717) is 9.79 Å². The summed E-state index contributed by atoms with van der Waals surface area (Å²) in [5.74, 6) is 0. The monoisotopic (exact) mass is 548 g/mol. The lowest BCUT2D eigenvalue weighted by atomic mass is 10.00. The van der Waals surface area contributed by atoms with E-state index in [1.807, 2.05) is 39.8 Å². The maximum Gasteiger partial charge on any atom is 0.206 e. The van der Waals surface area contributed by atoms with Gasteiger partial charge in [-0.1, -0.05) is 137 Å². The molecule has 0 fully saturated rings. The Morgan fingerprint density at radius 3 is 1.00 bits per heavy atom. The van der Waals surface area contributed by atoms with Crippen molar-refractivity contribution in [2.45, 2.75) is 50.3 Å². The van der Waals surface area contributed by atoms with E-state index in [1.165, 1.54) is 30.8 Å². The summed E-state index contributed by atoms with van der Waals surface area (Å²) in [7, 11) is -0.339. The van der Waals surface area contributed by atoms with Gasteiger partial charge in [-0.25, -0.2) is 8.42 Å². The molecule has 0 atom stereocenters. The number of rotatable bonds is 6. The lowest BCUT2D eigenvalue weighted by Gasteiger charge is -2.05. The van der Waals surface area contributed by atoms with Gasteiger partial charge in [0.1, 0.15) is 0 Å². The Morgan fingerprint density at radius 1 is 0.513 bits per heavy atom. The molecule has 0 aliphatic rings. The first-order chi connectivity index (χ1) is 19.1. The van der Waals surface area contributed by atoms with E-state index in [2.05, 4.69) is 66.6 Å². The van der Waals surface area contributed by atoms with Crippen LogP contribution in [-0.4, -0.2) is 22.5 Å². The summed E-state index contributed by atoms with van der Waals surface area (Å²) in [5, 5.41) is 0. The molecule has 5 heteroatoms. The normalized spacial score (nSPS) is 9.03. The molecule has 0 amide bonds. The Balaban J connectivity index is 0. The van der Waals surface area contributed by atoms with Crippen LogP contribution in [0.2, 0.25) is 0 Å². The molecule has 4 rings (SSSR count). The molecule has 0 radical (unpaired) electrons. The average molecular weight is 549 g/mol. The van der Waals surface area contributed by atoms with Crippen molar-refractivity contribution in [3.63, 3.8) is 0 Å². The van der Waals surface area contributed by atoms with Gasteiger partial charge in [-0.2, -0.15) is 0 Å². The zero-order chi connectivity index (χ0) is 29.9. The summed E-state index contributed by atoms with van der Waals surface area (Å²) in [4.78, 5) is 0.660. The van der Waals surface area contributed by atoms with Gasteiger partial charge in [-0.3, -0.25) is 0 Å². The number of benzene rings is 4. The molecule has 0 aliphatic heterocycles. The molecule has 0 bridgehead atoms. The molecular formula is C34H48N2O2S. The highest BCUT2D eigenvalue weighted by Gasteiger charge is 2.15. The van der Waals surface area contributed by atoms with Crippen LogP contribution in [-0.2, 0) is 22.7 Å².